The monoisotopic (exact) mass is 452 g/mol. The van der Waals surface area contributed by atoms with Crippen molar-refractivity contribution < 1.29 is 19.0 Å². The molecule has 1 aliphatic rings. The lowest BCUT2D eigenvalue weighted by molar-refractivity contribution is -0.127. The SMILES string of the molecule is COCCNC(=O)[C@H]1C[C@@H](NCc2ccccc2F)[C@H](c2cnc(-c3ccccc3)[nH]2)[C@@H]1O. The average molecular weight is 453 g/mol. The molecule has 1 heterocycles. The number of aliphatic hydroxyl groups excluding tert-OH is 1. The lowest BCUT2D eigenvalue weighted by Gasteiger charge is -2.22. The Bertz CT molecular complexity index is 1060. The van der Waals surface area contributed by atoms with Gasteiger partial charge in [-0.25, -0.2) is 9.37 Å². The van der Waals surface area contributed by atoms with Gasteiger partial charge in [0.15, 0.2) is 0 Å². The Morgan fingerprint density at radius 3 is 2.73 bits per heavy atom. The quantitative estimate of drug-likeness (QED) is 0.374. The number of amides is 1. The molecule has 1 saturated carbocycles. The zero-order valence-corrected chi connectivity index (χ0v) is 18.5. The first kappa shape index (κ1) is 23.1. The topological polar surface area (TPSA) is 99.3 Å². The first-order chi connectivity index (χ1) is 16.1. The lowest BCUT2D eigenvalue weighted by Crippen LogP contribution is -2.37. The zero-order valence-electron chi connectivity index (χ0n) is 18.5. The Morgan fingerprint density at radius 2 is 1.97 bits per heavy atom. The molecule has 4 rings (SSSR count). The average Bonchev–Trinajstić information content (AvgIpc) is 3.44. The largest absolute Gasteiger partial charge is 0.392 e. The van der Waals surface area contributed by atoms with Crippen LogP contribution in [0.3, 0.4) is 0 Å². The second-order valence-corrected chi connectivity index (χ2v) is 8.27. The van der Waals surface area contributed by atoms with Crippen LogP contribution < -0.4 is 10.6 Å². The van der Waals surface area contributed by atoms with Gasteiger partial charge < -0.3 is 25.5 Å². The number of ether oxygens (including phenoxy) is 1. The predicted molar refractivity (Wildman–Crippen MR) is 123 cm³/mol. The molecule has 1 amide bonds. The molecule has 1 fully saturated rings. The molecule has 0 spiro atoms. The molecule has 0 saturated heterocycles. The number of carbonyl (C=O) groups is 1. The minimum atomic E-state index is -0.922. The van der Waals surface area contributed by atoms with E-state index >= 15 is 0 Å². The van der Waals surface area contributed by atoms with E-state index in [2.05, 4.69) is 20.6 Å². The van der Waals surface area contributed by atoms with Crippen LogP contribution in [-0.2, 0) is 16.1 Å². The summed E-state index contributed by atoms with van der Waals surface area (Å²) in [6, 6.07) is 16.0. The highest BCUT2D eigenvalue weighted by Crippen LogP contribution is 2.39. The second kappa shape index (κ2) is 10.7. The highest BCUT2D eigenvalue weighted by atomic mass is 19.1. The maximum atomic E-state index is 14.1. The molecule has 174 valence electrons. The van der Waals surface area contributed by atoms with Crippen LogP contribution in [0.25, 0.3) is 11.4 Å². The fourth-order valence-electron chi connectivity index (χ4n) is 4.46. The van der Waals surface area contributed by atoms with E-state index in [1.807, 2.05) is 30.3 Å². The number of nitrogens with zero attached hydrogens (tertiary/aromatic N) is 1. The summed E-state index contributed by atoms with van der Waals surface area (Å²) in [5.74, 6) is -0.823. The number of benzene rings is 2. The van der Waals surface area contributed by atoms with Crippen molar-refractivity contribution in [1.29, 1.82) is 0 Å². The maximum absolute atomic E-state index is 14.1. The van der Waals surface area contributed by atoms with Crippen molar-refractivity contribution in [2.24, 2.45) is 5.92 Å². The number of methoxy groups -OCH3 is 1. The number of aromatic amines is 1. The Hall–Kier alpha value is -3.07. The van der Waals surface area contributed by atoms with Gasteiger partial charge in [0.2, 0.25) is 5.91 Å². The normalized spacial score (nSPS) is 22.4. The molecule has 0 unspecified atom stereocenters. The molecule has 3 aromatic rings. The van der Waals surface area contributed by atoms with Crippen LogP contribution in [0.2, 0.25) is 0 Å². The number of nitrogens with one attached hydrogen (secondary N) is 3. The van der Waals surface area contributed by atoms with Crippen LogP contribution in [0, 0.1) is 11.7 Å². The second-order valence-electron chi connectivity index (χ2n) is 8.27. The number of imidazole rings is 1. The highest BCUT2D eigenvalue weighted by molar-refractivity contribution is 5.80. The summed E-state index contributed by atoms with van der Waals surface area (Å²) in [4.78, 5) is 20.6. The molecule has 2 aromatic carbocycles. The predicted octanol–water partition coefficient (Wildman–Crippen LogP) is 2.60. The number of H-pyrrole nitrogens is 1. The standard InChI is InChI=1S/C25H29FN4O3/c1-33-12-11-27-25(32)18-13-20(28-14-17-9-5-6-10-19(17)26)22(23(18)31)21-15-29-24(30-21)16-7-3-2-4-8-16/h2-10,15,18,20,22-23,28,31H,11-14H2,1H3,(H,27,32)(H,29,30)/t18-,20+,22+,23+/m0/s1. The van der Waals surface area contributed by atoms with Gasteiger partial charge in [0.25, 0.3) is 0 Å². The van der Waals surface area contributed by atoms with Gasteiger partial charge in [-0.15, -0.1) is 0 Å². The number of hydrogen-bond donors (Lipinski definition) is 4. The maximum Gasteiger partial charge on any atom is 0.225 e. The van der Waals surface area contributed by atoms with E-state index in [9.17, 15) is 14.3 Å². The first-order valence-corrected chi connectivity index (χ1v) is 11.1. The molecule has 1 aliphatic carbocycles. The number of aromatic nitrogens is 2. The van der Waals surface area contributed by atoms with Crippen molar-refractivity contribution in [3.63, 3.8) is 0 Å². The van der Waals surface area contributed by atoms with E-state index in [-0.39, 0.29) is 24.3 Å². The van der Waals surface area contributed by atoms with Gasteiger partial charge in [0.1, 0.15) is 11.6 Å². The molecule has 8 heteroatoms. The third-order valence-corrected chi connectivity index (χ3v) is 6.18. The molecule has 7 nitrogen and oxygen atoms in total. The fourth-order valence-corrected chi connectivity index (χ4v) is 4.46. The van der Waals surface area contributed by atoms with E-state index in [1.54, 1.807) is 31.5 Å². The van der Waals surface area contributed by atoms with Crippen molar-refractivity contribution in [3.05, 3.63) is 77.9 Å². The van der Waals surface area contributed by atoms with Gasteiger partial charge >= 0.3 is 0 Å². The number of aliphatic hydroxyl groups is 1. The third-order valence-electron chi connectivity index (χ3n) is 6.18. The Balaban J connectivity index is 1.56. The molecule has 0 bridgehead atoms. The molecule has 4 atom stereocenters. The summed E-state index contributed by atoms with van der Waals surface area (Å²) in [7, 11) is 1.57. The van der Waals surface area contributed by atoms with Crippen molar-refractivity contribution in [2.45, 2.75) is 31.0 Å². The van der Waals surface area contributed by atoms with Crippen molar-refractivity contribution in [2.75, 3.05) is 20.3 Å². The molecule has 33 heavy (non-hydrogen) atoms. The van der Waals surface area contributed by atoms with Crippen LogP contribution in [0.1, 0.15) is 23.6 Å². The third kappa shape index (κ3) is 5.30. The Morgan fingerprint density at radius 1 is 1.21 bits per heavy atom. The minimum Gasteiger partial charge on any atom is -0.392 e. The van der Waals surface area contributed by atoms with Crippen LogP contribution in [-0.4, -0.2) is 53.4 Å². The van der Waals surface area contributed by atoms with Gasteiger partial charge in [-0.3, -0.25) is 4.79 Å². The Kier molecular flexibility index (Phi) is 7.49. The van der Waals surface area contributed by atoms with E-state index < -0.39 is 17.9 Å². The summed E-state index contributed by atoms with van der Waals surface area (Å²) in [6.07, 6.45) is 1.20. The van der Waals surface area contributed by atoms with Crippen LogP contribution in [0.4, 0.5) is 4.39 Å². The number of rotatable bonds is 9. The van der Waals surface area contributed by atoms with Gasteiger partial charge in [0, 0.05) is 55.2 Å². The first-order valence-electron chi connectivity index (χ1n) is 11.1. The minimum absolute atomic E-state index is 0.220. The van der Waals surface area contributed by atoms with E-state index in [0.717, 1.165) is 11.3 Å². The summed E-state index contributed by atoms with van der Waals surface area (Å²) < 4.78 is 19.1. The van der Waals surface area contributed by atoms with Gasteiger partial charge in [-0.2, -0.15) is 0 Å². The molecule has 1 aromatic heterocycles. The van der Waals surface area contributed by atoms with Crippen molar-refractivity contribution in [3.8, 4) is 11.4 Å². The lowest BCUT2D eigenvalue weighted by atomic mass is 9.96. The summed E-state index contributed by atoms with van der Waals surface area (Å²) in [5.41, 5.74) is 2.20. The van der Waals surface area contributed by atoms with Crippen molar-refractivity contribution >= 4 is 5.91 Å². The zero-order chi connectivity index (χ0) is 23.2. The highest BCUT2D eigenvalue weighted by Gasteiger charge is 2.47. The molecule has 4 N–H and O–H groups in total. The molecule has 0 aliphatic heterocycles. The summed E-state index contributed by atoms with van der Waals surface area (Å²) >= 11 is 0. The van der Waals surface area contributed by atoms with Gasteiger partial charge in [-0.1, -0.05) is 48.5 Å². The molecular weight excluding hydrogens is 423 g/mol. The summed E-state index contributed by atoms with van der Waals surface area (Å²) in [5, 5.41) is 17.4. The molecule has 0 radical (unpaired) electrons. The Labute approximate surface area is 192 Å². The van der Waals surface area contributed by atoms with Gasteiger partial charge in [-0.05, 0) is 12.5 Å². The van der Waals surface area contributed by atoms with E-state index in [1.165, 1.54) is 6.07 Å². The van der Waals surface area contributed by atoms with Crippen LogP contribution in [0.15, 0.2) is 60.8 Å². The molecular formula is C25H29FN4O3. The summed E-state index contributed by atoms with van der Waals surface area (Å²) in [6.45, 7) is 1.06. The fraction of sp³-hybridized carbons (Fsp3) is 0.360. The number of halogens is 1. The number of hydrogen-bond acceptors (Lipinski definition) is 5. The van der Waals surface area contributed by atoms with Crippen LogP contribution >= 0.6 is 0 Å². The van der Waals surface area contributed by atoms with Gasteiger partial charge in [0.05, 0.1) is 18.6 Å². The smallest absolute Gasteiger partial charge is 0.225 e. The number of carbonyl (C=O) groups excluding carboxylic acids is 1. The van der Waals surface area contributed by atoms with E-state index in [0.29, 0.717) is 31.0 Å². The van der Waals surface area contributed by atoms with E-state index in [4.69, 9.17) is 4.74 Å². The van der Waals surface area contributed by atoms with Crippen LogP contribution in [0.5, 0.6) is 0 Å². The van der Waals surface area contributed by atoms with Crippen molar-refractivity contribution in [1.82, 2.24) is 20.6 Å².